The van der Waals surface area contributed by atoms with Crippen molar-refractivity contribution in [1.82, 2.24) is 9.97 Å². The van der Waals surface area contributed by atoms with Crippen molar-refractivity contribution in [2.75, 3.05) is 25.2 Å². The molecule has 0 saturated carbocycles. The fourth-order valence-electron chi connectivity index (χ4n) is 1.39. The van der Waals surface area contributed by atoms with Gasteiger partial charge in [0.25, 0.3) is 0 Å². The van der Waals surface area contributed by atoms with Crippen LogP contribution >= 0.6 is 27.7 Å². The van der Waals surface area contributed by atoms with E-state index in [1.165, 1.54) is 0 Å². The highest BCUT2D eigenvalue weighted by molar-refractivity contribution is 9.10. The van der Waals surface area contributed by atoms with Crippen LogP contribution in [0.1, 0.15) is 25.4 Å². The molecule has 18 heavy (non-hydrogen) atoms. The number of thioether (sulfide) groups is 1. The zero-order valence-corrected chi connectivity index (χ0v) is 13.7. The second-order valence-electron chi connectivity index (χ2n) is 4.34. The minimum Gasteiger partial charge on any atom is -0.378 e. The van der Waals surface area contributed by atoms with Crippen LogP contribution in [-0.2, 0) is 17.1 Å². The highest BCUT2D eigenvalue weighted by Gasteiger charge is 2.11. The van der Waals surface area contributed by atoms with Gasteiger partial charge in [-0.05, 0) is 27.6 Å². The van der Waals surface area contributed by atoms with Gasteiger partial charge < -0.3 is 10.1 Å². The molecule has 6 heteroatoms. The van der Waals surface area contributed by atoms with Crippen molar-refractivity contribution in [3.63, 3.8) is 0 Å². The van der Waals surface area contributed by atoms with E-state index in [9.17, 15) is 0 Å². The van der Waals surface area contributed by atoms with Crippen molar-refractivity contribution in [1.29, 1.82) is 0 Å². The third kappa shape index (κ3) is 4.74. The van der Waals surface area contributed by atoms with Gasteiger partial charge in [0.1, 0.15) is 11.6 Å². The smallest absolute Gasteiger partial charge is 0.144 e. The summed E-state index contributed by atoms with van der Waals surface area (Å²) in [5.41, 5.74) is 0.886. The molecule has 0 aliphatic heterocycles. The number of aromatic nitrogens is 2. The van der Waals surface area contributed by atoms with Gasteiger partial charge in [0.05, 0.1) is 22.5 Å². The fraction of sp³-hybridized carbons (Fsp3) is 0.667. The standard InChI is InChI=1S/C12H20BrN3OS/c1-8(2)6-18-7-10-15-9(5-17-4)11(13)12(14-3)16-10/h8H,5-7H2,1-4H3,(H,14,15,16). The lowest BCUT2D eigenvalue weighted by Gasteiger charge is -2.11. The molecule has 0 aliphatic rings. The summed E-state index contributed by atoms with van der Waals surface area (Å²) in [7, 11) is 3.52. The second-order valence-corrected chi connectivity index (χ2v) is 6.16. The maximum Gasteiger partial charge on any atom is 0.144 e. The molecule has 102 valence electrons. The number of rotatable bonds is 7. The van der Waals surface area contributed by atoms with Crippen LogP contribution in [0.4, 0.5) is 5.82 Å². The Bertz CT molecular complexity index is 388. The molecule has 1 N–H and O–H groups in total. The molecule has 0 fully saturated rings. The first-order chi connectivity index (χ1) is 8.58. The number of nitrogens with one attached hydrogen (secondary N) is 1. The van der Waals surface area contributed by atoms with Gasteiger partial charge in [-0.15, -0.1) is 0 Å². The molecule has 0 radical (unpaired) electrons. The summed E-state index contributed by atoms with van der Waals surface area (Å²) in [5, 5.41) is 3.07. The zero-order chi connectivity index (χ0) is 13.5. The van der Waals surface area contributed by atoms with Crippen LogP contribution in [0.25, 0.3) is 0 Å². The lowest BCUT2D eigenvalue weighted by molar-refractivity contribution is 0.180. The van der Waals surface area contributed by atoms with E-state index < -0.39 is 0 Å². The maximum atomic E-state index is 5.15. The van der Waals surface area contributed by atoms with E-state index in [-0.39, 0.29) is 0 Å². The van der Waals surface area contributed by atoms with Gasteiger partial charge in [0.15, 0.2) is 0 Å². The van der Waals surface area contributed by atoms with Crippen LogP contribution in [0, 0.1) is 5.92 Å². The number of methoxy groups -OCH3 is 1. The van der Waals surface area contributed by atoms with E-state index in [0.29, 0.717) is 12.5 Å². The summed E-state index contributed by atoms with van der Waals surface area (Å²) in [6.07, 6.45) is 0. The van der Waals surface area contributed by atoms with Crippen molar-refractivity contribution < 1.29 is 4.74 Å². The molecule has 1 rings (SSSR count). The van der Waals surface area contributed by atoms with Crippen molar-refractivity contribution in [3.05, 3.63) is 16.0 Å². The Balaban J connectivity index is 2.81. The first kappa shape index (κ1) is 15.7. The van der Waals surface area contributed by atoms with Gasteiger partial charge in [-0.1, -0.05) is 13.8 Å². The molecule has 0 unspecified atom stereocenters. The molecule has 4 nitrogen and oxygen atoms in total. The van der Waals surface area contributed by atoms with Crippen LogP contribution < -0.4 is 5.32 Å². The minimum absolute atomic E-state index is 0.486. The van der Waals surface area contributed by atoms with E-state index >= 15 is 0 Å². The Hall–Kier alpha value is -0.330. The van der Waals surface area contributed by atoms with Crippen LogP contribution in [0.5, 0.6) is 0 Å². The number of hydrogen-bond donors (Lipinski definition) is 1. The quantitative estimate of drug-likeness (QED) is 0.829. The summed E-state index contributed by atoms with van der Waals surface area (Å²) >= 11 is 5.35. The van der Waals surface area contributed by atoms with Crippen LogP contribution in [0.2, 0.25) is 0 Å². The highest BCUT2D eigenvalue weighted by atomic mass is 79.9. The third-order valence-corrected chi connectivity index (χ3v) is 4.36. The molecule has 0 amide bonds. The largest absolute Gasteiger partial charge is 0.378 e. The fourth-order valence-corrected chi connectivity index (χ4v) is 2.78. The predicted molar refractivity (Wildman–Crippen MR) is 81.0 cm³/mol. The van der Waals surface area contributed by atoms with Gasteiger partial charge in [-0.3, -0.25) is 0 Å². The number of ether oxygens (including phenoxy) is 1. The molecule has 0 bridgehead atoms. The summed E-state index contributed by atoms with van der Waals surface area (Å²) in [6.45, 7) is 4.91. The molecule has 0 aromatic carbocycles. The van der Waals surface area contributed by atoms with E-state index in [0.717, 1.165) is 33.3 Å². The highest BCUT2D eigenvalue weighted by Crippen LogP contribution is 2.25. The van der Waals surface area contributed by atoms with Crippen LogP contribution in [-0.4, -0.2) is 29.9 Å². The first-order valence-electron chi connectivity index (χ1n) is 5.88. The normalized spacial score (nSPS) is 11.0. The van der Waals surface area contributed by atoms with E-state index in [1.54, 1.807) is 7.11 Å². The van der Waals surface area contributed by atoms with E-state index in [1.807, 2.05) is 18.8 Å². The average Bonchev–Trinajstić information content (AvgIpc) is 2.32. The lowest BCUT2D eigenvalue weighted by Crippen LogP contribution is -2.06. The van der Waals surface area contributed by atoms with Gasteiger partial charge in [-0.2, -0.15) is 11.8 Å². The Labute approximate surface area is 121 Å². The monoisotopic (exact) mass is 333 g/mol. The molecule has 0 saturated heterocycles. The molecule has 1 aromatic heterocycles. The molecule has 0 spiro atoms. The summed E-state index contributed by atoms with van der Waals surface area (Å²) in [6, 6.07) is 0. The van der Waals surface area contributed by atoms with Gasteiger partial charge >= 0.3 is 0 Å². The Morgan fingerprint density at radius 1 is 1.39 bits per heavy atom. The summed E-state index contributed by atoms with van der Waals surface area (Å²) < 4.78 is 6.03. The number of hydrogen-bond acceptors (Lipinski definition) is 5. The molecule has 1 aromatic rings. The van der Waals surface area contributed by atoms with Gasteiger partial charge in [0.2, 0.25) is 0 Å². The third-order valence-electron chi connectivity index (χ3n) is 2.17. The predicted octanol–water partition coefficient (Wildman–Crippen LogP) is 3.32. The Morgan fingerprint density at radius 3 is 2.67 bits per heavy atom. The summed E-state index contributed by atoms with van der Waals surface area (Å²) in [5.74, 6) is 4.30. The molecule has 0 atom stereocenters. The number of anilines is 1. The van der Waals surface area contributed by atoms with Crippen molar-refractivity contribution >= 4 is 33.5 Å². The van der Waals surface area contributed by atoms with Crippen LogP contribution in [0.15, 0.2) is 4.47 Å². The van der Waals surface area contributed by atoms with E-state index in [2.05, 4.69) is 45.1 Å². The Morgan fingerprint density at radius 2 is 2.11 bits per heavy atom. The van der Waals surface area contributed by atoms with Crippen molar-refractivity contribution in [2.45, 2.75) is 26.2 Å². The van der Waals surface area contributed by atoms with Gasteiger partial charge in [0, 0.05) is 14.2 Å². The van der Waals surface area contributed by atoms with Crippen LogP contribution in [0.3, 0.4) is 0 Å². The number of nitrogens with zero attached hydrogens (tertiary/aromatic N) is 2. The second kappa shape index (κ2) is 7.96. The SMILES string of the molecule is CNc1nc(CSCC(C)C)nc(COC)c1Br. The molecular weight excluding hydrogens is 314 g/mol. The zero-order valence-electron chi connectivity index (χ0n) is 11.3. The maximum absolute atomic E-state index is 5.15. The topological polar surface area (TPSA) is 47.0 Å². The average molecular weight is 334 g/mol. The Kier molecular flexibility index (Phi) is 6.96. The van der Waals surface area contributed by atoms with Crippen molar-refractivity contribution in [3.8, 4) is 0 Å². The lowest BCUT2D eigenvalue weighted by atomic mass is 10.3. The van der Waals surface area contributed by atoms with Gasteiger partial charge in [-0.25, -0.2) is 9.97 Å². The molecule has 0 aliphatic carbocycles. The summed E-state index contributed by atoms with van der Waals surface area (Å²) in [4.78, 5) is 9.01. The van der Waals surface area contributed by atoms with Crippen molar-refractivity contribution in [2.24, 2.45) is 5.92 Å². The molecule has 1 heterocycles. The first-order valence-corrected chi connectivity index (χ1v) is 7.83. The minimum atomic E-state index is 0.486. The van der Waals surface area contributed by atoms with E-state index in [4.69, 9.17) is 4.74 Å². The number of halogens is 1. The molecular formula is C12H20BrN3OS.